The molecule has 1 aliphatic heterocycles. The van der Waals surface area contributed by atoms with Crippen LogP contribution in [0.4, 0.5) is 0 Å². The Balaban J connectivity index is 1.59. The molecular formula is C11H16ClNO3S. The Bertz CT molecular complexity index is 440. The number of carbonyl (C=O) groups excluding carboxylic acids is 1. The SMILES string of the molecule is O=C(NC1CS(=O)(=O)CC1Cl)C1C2CCCC21. The van der Waals surface area contributed by atoms with Crippen LogP contribution >= 0.6 is 11.6 Å². The summed E-state index contributed by atoms with van der Waals surface area (Å²) in [7, 11) is -3.06. The van der Waals surface area contributed by atoms with Crippen molar-refractivity contribution < 1.29 is 13.2 Å². The minimum atomic E-state index is -3.06. The number of hydrogen-bond donors (Lipinski definition) is 1. The molecule has 96 valence electrons. The maximum atomic E-state index is 12.0. The summed E-state index contributed by atoms with van der Waals surface area (Å²) in [6, 6.07) is -0.393. The molecule has 3 rings (SSSR count). The predicted molar refractivity (Wildman–Crippen MR) is 64.5 cm³/mol. The number of alkyl halides is 1. The largest absolute Gasteiger partial charge is 0.351 e. The highest BCUT2D eigenvalue weighted by atomic mass is 35.5. The normalized spacial score (nSPS) is 46.5. The van der Waals surface area contributed by atoms with Gasteiger partial charge in [0.1, 0.15) is 0 Å². The van der Waals surface area contributed by atoms with Crippen LogP contribution in [0.25, 0.3) is 0 Å². The molecule has 1 saturated heterocycles. The van der Waals surface area contributed by atoms with E-state index in [-0.39, 0.29) is 23.3 Å². The third kappa shape index (κ3) is 2.08. The minimum Gasteiger partial charge on any atom is -0.351 e. The molecule has 2 aliphatic carbocycles. The molecule has 1 amide bonds. The average molecular weight is 278 g/mol. The Morgan fingerprint density at radius 2 is 1.82 bits per heavy atom. The van der Waals surface area contributed by atoms with E-state index >= 15 is 0 Å². The zero-order chi connectivity index (χ0) is 12.2. The van der Waals surface area contributed by atoms with Crippen LogP contribution in [0.1, 0.15) is 19.3 Å². The maximum absolute atomic E-state index is 12.0. The summed E-state index contributed by atoms with van der Waals surface area (Å²) in [5, 5.41) is 2.35. The highest BCUT2D eigenvalue weighted by molar-refractivity contribution is 7.91. The second-order valence-corrected chi connectivity index (χ2v) is 8.21. The first-order chi connectivity index (χ1) is 7.98. The molecule has 0 spiro atoms. The van der Waals surface area contributed by atoms with Gasteiger partial charge in [-0.05, 0) is 24.7 Å². The van der Waals surface area contributed by atoms with Crippen LogP contribution in [0.2, 0.25) is 0 Å². The number of amides is 1. The van der Waals surface area contributed by atoms with Crippen molar-refractivity contribution >= 4 is 27.3 Å². The maximum Gasteiger partial charge on any atom is 0.223 e. The molecule has 1 heterocycles. The number of sulfone groups is 1. The highest BCUT2D eigenvalue weighted by Gasteiger charge is 2.57. The van der Waals surface area contributed by atoms with Crippen LogP contribution in [-0.4, -0.2) is 37.2 Å². The molecule has 17 heavy (non-hydrogen) atoms. The first kappa shape index (κ1) is 11.8. The van der Waals surface area contributed by atoms with E-state index in [1.165, 1.54) is 6.42 Å². The Morgan fingerprint density at radius 3 is 2.35 bits per heavy atom. The van der Waals surface area contributed by atoms with E-state index in [0.717, 1.165) is 12.8 Å². The van der Waals surface area contributed by atoms with Gasteiger partial charge in [-0.1, -0.05) is 6.42 Å². The topological polar surface area (TPSA) is 63.2 Å². The van der Waals surface area contributed by atoms with Gasteiger partial charge in [0, 0.05) is 5.92 Å². The van der Waals surface area contributed by atoms with Crippen molar-refractivity contribution in [3.63, 3.8) is 0 Å². The minimum absolute atomic E-state index is 0.00500. The van der Waals surface area contributed by atoms with Crippen LogP contribution < -0.4 is 5.32 Å². The van der Waals surface area contributed by atoms with E-state index in [4.69, 9.17) is 11.6 Å². The van der Waals surface area contributed by atoms with E-state index in [2.05, 4.69) is 5.32 Å². The number of fused-ring (bicyclic) bond motifs is 1. The van der Waals surface area contributed by atoms with Crippen molar-refractivity contribution in [2.75, 3.05) is 11.5 Å². The molecule has 1 N–H and O–H groups in total. The van der Waals surface area contributed by atoms with Crippen molar-refractivity contribution in [1.82, 2.24) is 5.32 Å². The van der Waals surface area contributed by atoms with E-state index in [1.54, 1.807) is 0 Å². The molecule has 3 fully saturated rings. The zero-order valence-corrected chi connectivity index (χ0v) is 11.0. The molecule has 0 aromatic rings. The third-order valence-corrected chi connectivity index (χ3v) is 6.70. The van der Waals surface area contributed by atoms with E-state index in [9.17, 15) is 13.2 Å². The van der Waals surface area contributed by atoms with Gasteiger partial charge in [-0.25, -0.2) is 8.42 Å². The summed E-state index contributed by atoms with van der Waals surface area (Å²) in [4.78, 5) is 12.0. The first-order valence-corrected chi connectivity index (χ1v) is 8.38. The Morgan fingerprint density at radius 1 is 1.18 bits per heavy atom. The van der Waals surface area contributed by atoms with Crippen molar-refractivity contribution in [3.05, 3.63) is 0 Å². The Kier molecular flexibility index (Phi) is 2.67. The fourth-order valence-electron chi connectivity index (χ4n) is 3.43. The van der Waals surface area contributed by atoms with Crippen molar-refractivity contribution in [2.24, 2.45) is 17.8 Å². The molecule has 4 nitrogen and oxygen atoms in total. The van der Waals surface area contributed by atoms with Crippen LogP contribution in [0.5, 0.6) is 0 Å². The van der Waals surface area contributed by atoms with E-state index in [1.807, 2.05) is 0 Å². The lowest BCUT2D eigenvalue weighted by molar-refractivity contribution is -0.123. The standard InChI is InChI=1S/C11H16ClNO3S/c12-8-4-17(15,16)5-9(8)13-11(14)10-6-2-1-3-7(6)10/h6-10H,1-5H2,(H,13,14). The monoisotopic (exact) mass is 277 g/mol. The summed E-state index contributed by atoms with van der Waals surface area (Å²) < 4.78 is 22.8. The van der Waals surface area contributed by atoms with E-state index < -0.39 is 21.3 Å². The molecular weight excluding hydrogens is 262 g/mol. The van der Waals surface area contributed by atoms with Crippen molar-refractivity contribution in [1.29, 1.82) is 0 Å². The van der Waals surface area contributed by atoms with Gasteiger partial charge in [-0.3, -0.25) is 4.79 Å². The van der Waals surface area contributed by atoms with Crippen molar-refractivity contribution in [3.8, 4) is 0 Å². The summed E-state index contributed by atoms with van der Waals surface area (Å²) >= 11 is 5.96. The van der Waals surface area contributed by atoms with Gasteiger partial charge in [0.15, 0.2) is 9.84 Å². The van der Waals surface area contributed by atoms with E-state index in [0.29, 0.717) is 11.8 Å². The number of halogens is 1. The molecule has 4 unspecified atom stereocenters. The van der Waals surface area contributed by atoms with Crippen LogP contribution in [0, 0.1) is 17.8 Å². The molecule has 3 aliphatic rings. The van der Waals surface area contributed by atoms with Crippen LogP contribution in [-0.2, 0) is 14.6 Å². The van der Waals surface area contributed by atoms with Crippen molar-refractivity contribution in [2.45, 2.75) is 30.7 Å². The summed E-state index contributed by atoms with van der Waals surface area (Å²) in [6.45, 7) is 0. The van der Waals surface area contributed by atoms with Gasteiger partial charge in [0.2, 0.25) is 5.91 Å². The predicted octanol–water partition coefficient (Wildman–Crippen LogP) is 0.553. The first-order valence-electron chi connectivity index (χ1n) is 6.13. The fraction of sp³-hybridized carbons (Fsp3) is 0.909. The molecule has 0 bridgehead atoms. The molecule has 0 radical (unpaired) electrons. The molecule has 0 aromatic carbocycles. The third-order valence-electron chi connectivity index (χ3n) is 4.32. The second-order valence-electron chi connectivity index (χ2n) is 5.49. The van der Waals surface area contributed by atoms with Gasteiger partial charge >= 0.3 is 0 Å². The van der Waals surface area contributed by atoms with Gasteiger partial charge in [-0.15, -0.1) is 11.6 Å². The lowest BCUT2D eigenvalue weighted by Crippen LogP contribution is -2.42. The lowest BCUT2D eigenvalue weighted by atomic mass is 10.1. The summed E-state index contributed by atoms with van der Waals surface area (Å²) in [6.07, 6.45) is 3.53. The van der Waals surface area contributed by atoms with Crippen LogP contribution in [0.15, 0.2) is 0 Å². The van der Waals surface area contributed by atoms with Gasteiger partial charge < -0.3 is 5.32 Å². The molecule has 4 atom stereocenters. The summed E-state index contributed by atoms with van der Waals surface area (Å²) in [5.41, 5.74) is 0. The number of nitrogens with one attached hydrogen (secondary N) is 1. The Hall–Kier alpha value is -0.290. The zero-order valence-electron chi connectivity index (χ0n) is 9.43. The quantitative estimate of drug-likeness (QED) is 0.750. The Labute approximate surface area is 106 Å². The fourth-order valence-corrected chi connectivity index (χ4v) is 5.98. The molecule has 6 heteroatoms. The average Bonchev–Trinajstić information content (AvgIpc) is 2.57. The summed E-state index contributed by atoms with van der Waals surface area (Å²) in [5.74, 6) is 1.25. The van der Waals surface area contributed by atoms with Gasteiger partial charge in [0.05, 0.1) is 22.9 Å². The lowest BCUT2D eigenvalue weighted by Gasteiger charge is -2.15. The smallest absolute Gasteiger partial charge is 0.223 e. The van der Waals surface area contributed by atoms with Gasteiger partial charge in [0.25, 0.3) is 0 Å². The van der Waals surface area contributed by atoms with Crippen LogP contribution in [0.3, 0.4) is 0 Å². The number of hydrogen-bond acceptors (Lipinski definition) is 3. The van der Waals surface area contributed by atoms with Gasteiger partial charge in [-0.2, -0.15) is 0 Å². The second kappa shape index (κ2) is 3.85. The number of rotatable bonds is 2. The highest BCUT2D eigenvalue weighted by Crippen LogP contribution is 2.57. The molecule has 0 aromatic heterocycles. The number of carbonyl (C=O) groups is 1. The molecule has 2 saturated carbocycles.